The molecule has 0 aliphatic heterocycles. The maximum absolute atomic E-state index is 13.0. The van der Waals surface area contributed by atoms with E-state index in [1.807, 2.05) is 19.1 Å². The molecule has 0 N–H and O–H groups in total. The van der Waals surface area contributed by atoms with Gasteiger partial charge in [-0.1, -0.05) is 89.4 Å². The van der Waals surface area contributed by atoms with Gasteiger partial charge in [-0.2, -0.15) is 18.2 Å². The Morgan fingerprint density at radius 1 is 0.833 bits per heavy atom. The number of halogens is 3. The summed E-state index contributed by atoms with van der Waals surface area (Å²) in [7, 11) is -2.09. The van der Waals surface area contributed by atoms with Crippen molar-refractivity contribution >= 4 is 65.4 Å². The van der Waals surface area contributed by atoms with Crippen molar-refractivity contribution in [2.24, 2.45) is 21.1 Å². The van der Waals surface area contributed by atoms with E-state index in [4.69, 9.17) is 27.4 Å². The number of aromatic nitrogens is 4. The molecular formula is C37H35BrCl2N4O8S2. The summed E-state index contributed by atoms with van der Waals surface area (Å²) in [6.07, 6.45) is 0. The highest BCUT2D eigenvalue weighted by Gasteiger charge is 2.29. The van der Waals surface area contributed by atoms with Crippen molar-refractivity contribution in [1.29, 1.82) is 0 Å². The van der Waals surface area contributed by atoms with E-state index in [-0.39, 0.29) is 26.9 Å². The highest BCUT2D eigenvalue weighted by molar-refractivity contribution is 9.10. The number of carbonyl (C=O) groups excluding carboxylic acids is 1. The molecule has 0 bridgehead atoms. The van der Waals surface area contributed by atoms with Crippen molar-refractivity contribution in [3.05, 3.63) is 140 Å². The first-order valence-electron chi connectivity index (χ1n) is 15.8. The van der Waals surface area contributed by atoms with Gasteiger partial charge in [0.2, 0.25) is 16.3 Å². The fourth-order valence-electron chi connectivity index (χ4n) is 5.15. The van der Waals surface area contributed by atoms with E-state index in [1.54, 1.807) is 19.1 Å². The van der Waals surface area contributed by atoms with E-state index >= 15 is 0 Å². The fraction of sp³-hybridized carbons (Fsp3) is 0.162. The molecule has 12 nitrogen and oxygen atoms in total. The van der Waals surface area contributed by atoms with Crippen LogP contribution in [0, 0.1) is 13.8 Å². The summed E-state index contributed by atoms with van der Waals surface area (Å²) >= 11 is 15.7. The highest BCUT2D eigenvalue weighted by Crippen LogP contribution is 2.35. The molecule has 6 aromatic rings. The van der Waals surface area contributed by atoms with Gasteiger partial charge in [0.05, 0.1) is 29.9 Å². The number of carbonyl (C=O) groups is 1. The number of rotatable bonds is 8. The third-order valence-electron chi connectivity index (χ3n) is 7.89. The van der Waals surface area contributed by atoms with Crippen molar-refractivity contribution < 1.29 is 39.2 Å². The minimum Gasteiger partial charge on any atom is -0.726 e. The van der Waals surface area contributed by atoms with Crippen LogP contribution in [0.3, 0.4) is 0 Å². The van der Waals surface area contributed by atoms with Crippen LogP contribution in [0.25, 0.3) is 22.5 Å². The van der Waals surface area contributed by atoms with Gasteiger partial charge in [-0.25, -0.2) is 13.1 Å². The van der Waals surface area contributed by atoms with E-state index in [1.165, 1.54) is 64.6 Å². The lowest BCUT2D eigenvalue weighted by Gasteiger charge is -2.10. The van der Waals surface area contributed by atoms with Crippen molar-refractivity contribution in [3.63, 3.8) is 0 Å². The lowest BCUT2D eigenvalue weighted by atomic mass is 10.0. The Morgan fingerprint density at radius 2 is 1.37 bits per heavy atom. The van der Waals surface area contributed by atoms with Gasteiger partial charge >= 0.3 is 10.1 Å². The normalized spacial score (nSPS) is 11.2. The van der Waals surface area contributed by atoms with Crippen molar-refractivity contribution in [1.82, 2.24) is 14.5 Å². The van der Waals surface area contributed by atoms with E-state index in [2.05, 4.69) is 97.2 Å². The van der Waals surface area contributed by atoms with Crippen LogP contribution in [-0.2, 0) is 45.8 Å². The Balaban J connectivity index is 0.000000217. The van der Waals surface area contributed by atoms with Crippen LogP contribution in [-0.4, -0.2) is 48.7 Å². The molecule has 4 aromatic carbocycles. The molecule has 0 fully saturated rings. The molecule has 284 valence electrons. The second kappa shape index (κ2) is 17.9. The van der Waals surface area contributed by atoms with Gasteiger partial charge in [-0.05, 0) is 72.2 Å². The Hall–Kier alpha value is -4.35. The third-order valence-corrected chi connectivity index (χ3v) is 11.0. The topological polar surface area (TPSA) is 154 Å². The average molecular weight is 879 g/mol. The van der Waals surface area contributed by atoms with Gasteiger partial charge in [0.1, 0.15) is 20.6 Å². The molecule has 0 radical (unpaired) electrons. The summed E-state index contributed by atoms with van der Waals surface area (Å²) in [5.74, 6) is -0.646. The smallest absolute Gasteiger partial charge is 0.340 e. The molecule has 54 heavy (non-hydrogen) atoms. The molecule has 0 aliphatic carbocycles. The Kier molecular flexibility index (Phi) is 14.0. The SMILES string of the molecule is COS(=O)(=O)[O-].Cc1ccc(S(=O)(=O)Oc2c(C(=O)c3ccc(Cl)c(Cl)c3)c(C)nn2C)cc1.Cn1c(-c2ccccc2)c(Br)c(-c2ccccc2)[n+]1C. The van der Waals surface area contributed by atoms with Crippen LogP contribution < -0.4 is 8.86 Å². The quantitative estimate of drug-likeness (QED) is 0.0501. The van der Waals surface area contributed by atoms with Crippen molar-refractivity contribution in [2.45, 2.75) is 18.7 Å². The van der Waals surface area contributed by atoms with E-state index in [0.29, 0.717) is 10.7 Å². The summed E-state index contributed by atoms with van der Waals surface area (Å²) in [5, 5.41) is 4.65. The highest BCUT2D eigenvalue weighted by atomic mass is 79.9. The number of hydrogen-bond acceptors (Lipinski definition) is 9. The first kappa shape index (κ1) is 42.4. The first-order chi connectivity index (χ1) is 25.4. The van der Waals surface area contributed by atoms with Crippen LogP contribution in [0.1, 0.15) is 27.2 Å². The van der Waals surface area contributed by atoms with Crippen LogP contribution in [0.15, 0.2) is 112 Å². The molecule has 0 saturated carbocycles. The molecule has 2 aromatic heterocycles. The van der Waals surface area contributed by atoms with Crippen LogP contribution in [0.4, 0.5) is 0 Å². The van der Waals surface area contributed by atoms with Gasteiger partial charge in [-0.15, -0.1) is 4.68 Å². The summed E-state index contributed by atoms with van der Waals surface area (Å²) in [6.45, 7) is 3.44. The number of aryl methyl sites for hydroxylation is 3. The summed E-state index contributed by atoms with van der Waals surface area (Å²) < 4.78 is 68.3. The lowest BCUT2D eigenvalue weighted by molar-refractivity contribution is -0.740. The fourth-order valence-corrected chi connectivity index (χ4v) is 7.38. The average Bonchev–Trinajstić information content (AvgIpc) is 3.54. The Bertz CT molecular complexity index is 2430. The molecule has 0 spiro atoms. The number of hydrogen-bond donors (Lipinski definition) is 0. The molecular weight excluding hydrogens is 843 g/mol. The molecule has 2 heterocycles. The van der Waals surface area contributed by atoms with E-state index in [0.717, 1.165) is 17.1 Å². The zero-order valence-corrected chi connectivity index (χ0v) is 34.6. The van der Waals surface area contributed by atoms with E-state index in [9.17, 15) is 26.2 Å². The molecule has 0 saturated heterocycles. The maximum atomic E-state index is 13.0. The minimum atomic E-state index is -4.41. The Morgan fingerprint density at radius 3 is 1.89 bits per heavy atom. The van der Waals surface area contributed by atoms with Gasteiger partial charge in [0.15, 0.2) is 12.8 Å². The van der Waals surface area contributed by atoms with Crippen LogP contribution in [0.2, 0.25) is 10.0 Å². The van der Waals surface area contributed by atoms with E-state index < -0.39 is 26.3 Å². The lowest BCUT2D eigenvalue weighted by Crippen LogP contribution is -2.39. The zero-order valence-electron chi connectivity index (χ0n) is 29.8. The standard InChI is InChI=1S/C19H16Cl2N2O4S.C17H16BrN2.CH4O4S/c1-11-4-7-14(8-5-11)28(25,26)27-19-17(12(2)22-23(19)3)18(24)13-6-9-15(20)16(21)10-13;1-19-16(13-9-5-3-6-10-13)15(18)17(20(19)2)14-11-7-4-8-12-14;1-5-6(2,3)4/h4-10H,1-3H3;3-12H,1-2H3;1H3,(H,2,3,4)/q;+1;/p-1. The summed E-state index contributed by atoms with van der Waals surface area (Å²) in [6, 6.07) is 31.5. The molecule has 0 aliphatic rings. The summed E-state index contributed by atoms with van der Waals surface area (Å²) in [5.41, 5.74) is 6.30. The van der Waals surface area contributed by atoms with Gasteiger partial charge in [-0.3, -0.25) is 8.98 Å². The zero-order chi connectivity index (χ0) is 40.0. The third kappa shape index (κ3) is 10.2. The number of ketones is 1. The van der Waals surface area contributed by atoms with Crippen LogP contribution >= 0.6 is 39.1 Å². The largest absolute Gasteiger partial charge is 0.726 e. The van der Waals surface area contributed by atoms with Gasteiger partial charge in [0, 0.05) is 23.7 Å². The minimum absolute atomic E-state index is 0.0233. The van der Waals surface area contributed by atoms with Gasteiger partial charge in [0.25, 0.3) is 5.69 Å². The van der Waals surface area contributed by atoms with Crippen molar-refractivity contribution in [3.8, 4) is 28.4 Å². The number of nitrogens with zero attached hydrogens (tertiary/aromatic N) is 4. The monoisotopic (exact) mass is 876 g/mol. The second-order valence-electron chi connectivity index (χ2n) is 11.6. The number of benzene rings is 4. The first-order valence-corrected chi connectivity index (χ1v) is 20.1. The molecule has 0 amide bonds. The second-order valence-corrected chi connectivity index (χ2v) is 15.9. The van der Waals surface area contributed by atoms with Gasteiger partial charge < -0.3 is 8.74 Å². The Labute approximate surface area is 332 Å². The molecule has 17 heteroatoms. The summed E-state index contributed by atoms with van der Waals surface area (Å²) in [4.78, 5) is 13.0. The van der Waals surface area contributed by atoms with Crippen molar-refractivity contribution in [2.75, 3.05) is 7.11 Å². The predicted molar refractivity (Wildman–Crippen MR) is 209 cm³/mol. The molecule has 6 rings (SSSR count). The molecule has 0 unspecified atom stereocenters. The van der Waals surface area contributed by atoms with Crippen LogP contribution in [0.5, 0.6) is 5.88 Å². The molecule has 0 atom stereocenters. The maximum Gasteiger partial charge on any atom is 0.340 e. The predicted octanol–water partition coefficient (Wildman–Crippen LogP) is 7.38.